The summed E-state index contributed by atoms with van der Waals surface area (Å²) in [7, 11) is 0. The Morgan fingerprint density at radius 3 is 2.80 bits per heavy atom. The predicted octanol–water partition coefficient (Wildman–Crippen LogP) is 3.14. The second-order valence-corrected chi connectivity index (χ2v) is 4.73. The lowest BCUT2D eigenvalue weighted by Gasteiger charge is -2.15. The number of nitrogens with zero attached hydrogens (tertiary/aromatic N) is 1. The Labute approximate surface area is 97.0 Å². The smallest absolute Gasteiger partial charge is 0.0233 e. The summed E-state index contributed by atoms with van der Waals surface area (Å²) in [5, 5.41) is 0. The quantitative estimate of drug-likeness (QED) is 0.709. The van der Waals surface area contributed by atoms with Crippen molar-refractivity contribution in [3.8, 4) is 0 Å². The van der Waals surface area contributed by atoms with Crippen LogP contribution in [0, 0.1) is 5.92 Å². The number of hydrogen-bond acceptors (Lipinski definition) is 1. The molecule has 0 bridgehead atoms. The molecule has 0 spiro atoms. The first-order valence-corrected chi connectivity index (χ1v) is 6.24. The molecule has 15 heavy (non-hydrogen) atoms. The first kappa shape index (κ1) is 11.0. The Balaban J connectivity index is 1.82. The van der Waals surface area contributed by atoms with E-state index in [1.807, 2.05) is 0 Å². The fourth-order valence-corrected chi connectivity index (χ4v) is 2.60. The van der Waals surface area contributed by atoms with Crippen molar-refractivity contribution in [3.05, 3.63) is 35.9 Å². The van der Waals surface area contributed by atoms with Crippen LogP contribution >= 0.6 is 11.6 Å². The first-order chi connectivity index (χ1) is 7.38. The minimum absolute atomic E-state index is 0.809. The molecule has 1 nitrogen and oxygen atoms in total. The lowest BCUT2D eigenvalue weighted by molar-refractivity contribution is 0.315. The summed E-state index contributed by atoms with van der Waals surface area (Å²) in [5.74, 6) is 1.63. The minimum Gasteiger partial charge on any atom is -0.299 e. The van der Waals surface area contributed by atoms with Gasteiger partial charge in [0, 0.05) is 19.0 Å². The molecule has 1 fully saturated rings. The van der Waals surface area contributed by atoms with E-state index in [1.54, 1.807) is 0 Å². The van der Waals surface area contributed by atoms with Gasteiger partial charge in [0.2, 0.25) is 0 Å². The van der Waals surface area contributed by atoms with E-state index in [-0.39, 0.29) is 0 Å². The van der Waals surface area contributed by atoms with E-state index in [1.165, 1.54) is 31.5 Å². The second kappa shape index (κ2) is 5.53. The number of alkyl halides is 1. The van der Waals surface area contributed by atoms with Gasteiger partial charge >= 0.3 is 0 Å². The van der Waals surface area contributed by atoms with Gasteiger partial charge in [0.25, 0.3) is 0 Å². The van der Waals surface area contributed by atoms with Crippen LogP contribution in [0.25, 0.3) is 0 Å². The molecule has 0 unspecified atom stereocenters. The topological polar surface area (TPSA) is 3.24 Å². The van der Waals surface area contributed by atoms with Gasteiger partial charge in [-0.15, -0.1) is 11.6 Å². The van der Waals surface area contributed by atoms with Gasteiger partial charge in [-0.05, 0) is 30.9 Å². The van der Waals surface area contributed by atoms with Crippen LogP contribution in [0.4, 0.5) is 0 Å². The van der Waals surface area contributed by atoms with E-state index in [0.29, 0.717) is 0 Å². The van der Waals surface area contributed by atoms with Crippen LogP contribution in [0.2, 0.25) is 0 Å². The van der Waals surface area contributed by atoms with Gasteiger partial charge in [-0.2, -0.15) is 0 Å². The van der Waals surface area contributed by atoms with Crippen molar-refractivity contribution < 1.29 is 0 Å². The Kier molecular flexibility index (Phi) is 4.04. The second-order valence-electron chi connectivity index (χ2n) is 4.35. The van der Waals surface area contributed by atoms with Crippen LogP contribution in [0.5, 0.6) is 0 Å². The molecule has 0 saturated carbocycles. The van der Waals surface area contributed by atoms with Crippen molar-refractivity contribution in [2.24, 2.45) is 5.92 Å². The minimum atomic E-state index is 0.809. The van der Waals surface area contributed by atoms with Crippen LogP contribution in [-0.2, 0) is 6.54 Å². The molecule has 82 valence electrons. The van der Waals surface area contributed by atoms with Crippen LogP contribution in [0.15, 0.2) is 30.3 Å². The summed E-state index contributed by atoms with van der Waals surface area (Å²) in [6.07, 6.45) is 2.49. The average molecular weight is 224 g/mol. The highest BCUT2D eigenvalue weighted by atomic mass is 35.5. The standard InChI is InChI=1S/C13H18ClN/c14-8-6-13-7-9-15(11-13)10-12-4-2-1-3-5-12/h1-5,13H,6-11H2/t13-/m1/s1. The third-order valence-electron chi connectivity index (χ3n) is 3.14. The fraction of sp³-hybridized carbons (Fsp3) is 0.538. The summed E-state index contributed by atoms with van der Waals surface area (Å²) in [4.78, 5) is 2.53. The van der Waals surface area contributed by atoms with Crippen LogP contribution in [-0.4, -0.2) is 23.9 Å². The highest BCUT2D eigenvalue weighted by Gasteiger charge is 2.21. The summed E-state index contributed by atoms with van der Waals surface area (Å²) in [5.41, 5.74) is 1.42. The normalized spacial score (nSPS) is 22.1. The number of halogens is 1. The van der Waals surface area contributed by atoms with Crippen molar-refractivity contribution in [3.63, 3.8) is 0 Å². The Morgan fingerprint density at radius 1 is 1.27 bits per heavy atom. The van der Waals surface area contributed by atoms with Crippen molar-refractivity contribution in [2.75, 3.05) is 19.0 Å². The Morgan fingerprint density at radius 2 is 2.07 bits per heavy atom. The van der Waals surface area contributed by atoms with E-state index >= 15 is 0 Å². The highest BCUT2D eigenvalue weighted by molar-refractivity contribution is 6.17. The number of hydrogen-bond donors (Lipinski definition) is 0. The van der Waals surface area contributed by atoms with Gasteiger partial charge in [0.1, 0.15) is 0 Å². The first-order valence-electron chi connectivity index (χ1n) is 5.70. The highest BCUT2D eigenvalue weighted by Crippen LogP contribution is 2.21. The molecule has 1 saturated heterocycles. The average Bonchev–Trinajstić information content (AvgIpc) is 2.68. The molecule has 2 rings (SSSR count). The lowest BCUT2D eigenvalue weighted by Crippen LogP contribution is -2.20. The zero-order chi connectivity index (χ0) is 10.5. The molecule has 1 aliphatic rings. The molecule has 2 heteroatoms. The van der Waals surface area contributed by atoms with E-state index < -0.39 is 0 Å². The van der Waals surface area contributed by atoms with Crippen molar-refractivity contribution in [1.29, 1.82) is 0 Å². The maximum absolute atomic E-state index is 5.77. The molecule has 1 heterocycles. The van der Waals surface area contributed by atoms with Crippen molar-refractivity contribution in [1.82, 2.24) is 4.90 Å². The molecule has 0 radical (unpaired) electrons. The molecule has 0 aliphatic carbocycles. The third-order valence-corrected chi connectivity index (χ3v) is 3.35. The van der Waals surface area contributed by atoms with Gasteiger partial charge in [-0.1, -0.05) is 30.3 Å². The number of benzene rings is 1. The van der Waals surface area contributed by atoms with E-state index in [9.17, 15) is 0 Å². The molecule has 0 aromatic heterocycles. The van der Waals surface area contributed by atoms with Crippen molar-refractivity contribution >= 4 is 11.6 Å². The molecular weight excluding hydrogens is 206 g/mol. The van der Waals surface area contributed by atoms with E-state index in [4.69, 9.17) is 11.6 Å². The molecule has 1 aromatic rings. The van der Waals surface area contributed by atoms with Gasteiger partial charge in [-0.3, -0.25) is 4.90 Å². The largest absolute Gasteiger partial charge is 0.299 e. The summed E-state index contributed by atoms with van der Waals surface area (Å²) < 4.78 is 0. The molecule has 1 aliphatic heterocycles. The summed E-state index contributed by atoms with van der Waals surface area (Å²) in [6.45, 7) is 3.55. The summed E-state index contributed by atoms with van der Waals surface area (Å²) in [6, 6.07) is 10.7. The number of rotatable bonds is 4. The molecule has 0 N–H and O–H groups in total. The monoisotopic (exact) mass is 223 g/mol. The van der Waals surface area contributed by atoms with Gasteiger partial charge < -0.3 is 0 Å². The maximum atomic E-state index is 5.77. The van der Waals surface area contributed by atoms with Gasteiger partial charge in [-0.25, -0.2) is 0 Å². The van der Waals surface area contributed by atoms with E-state index in [2.05, 4.69) is 35.2 Å². The lowest BCUT2D eigenvalue weighted by atomic mass is 10.1. The van der Waals surface area contributed by atoms with Gasteiger partial charge in [0.05, 0.1) is 0 Å². The zero-order valence-electron chi connectivity index (χ0n) is 9.03. The van der Waals surface area contributed by atoms with Crippen molar-refractivity contribution in [2.45, 2.75) is 19.4 Å². The molecule has 0 amide bonds. The Bertz CT molecular complexity index is 286. The molecule has 1 aromatic carbocycles. The maximum Gasteiger partial charge on any atom is 0.0233 e. The molecule has 1 atom stereocenters. The number of likely N-dealkylation sites (tertiary alicyclic amines) is 1. The van der Waals surface area contributed by atoms with Crippen LogP contribution < -0.4 is 0 Å². The molecular formula is C13H18ClN. The van der Waals surface area contributed by atoms with Gasteiger partial charge in [0.15, 0.2) is 0 Å². The Hall–Kier alpha value is -0.530. The predicted molar refractivity (Wildman–Crippen MR) is 65.2 cm³/mol. The van der Waals surface area contributed by atoms with Crippen LogP contribution in [0.1, 0.15) is 18.4 Å². The summed E-state index contributed by atoms with van der Waals surface area (Å²) >= 11 is 5.77. The fourth-order valence-electron chi connectivity index (χ4n) is 2.29. The third kappa shape index (κ3) is 3.22. The van der Waals surface area contributed by atoms with E-state index in [0.717, 1.165) is 18.3 Å². The SMILES string of the molecule is ClCC[C@@H]1CCN(Cc2ccccc2)C1. The van der Waals surface area contributed by atoms with Crippen LogP contribution in [0.3, 0.4) is 0 Å². The zero-order valence-corrected chi connectivity index (χ0v) is 9.79.